The van der Waals surface area contributed by atoms with Crippen LogP contribution in [0, 0.1) is 0 Å². The molecule has 2 aromatic carbocycles. The third-order valence-electron chi connectivity index (χ3n) is 4.44. The normalized spacial score (nSPS) is 14.8. The standard InChI is InChI=1S/C22H21N3O4/c1-24-11-9-18(25-2)21(14-3-5-15(6-4-14)22(23)27)29-16-7-8-17-19(26)10-12-28-20(17)13-16/h3-9,11,13,21H,2,10,12H2,1H3,(H2,23,27)/b18-9-,24-11-. The maximum Gasteiger partial charge on any atom is 0.248 e. The summed E-state index contributed by atoms with van der Waals surface area (Å²) in [6, 6.07) is 11.8. The van der Waals surface area contributed by atoms with Crippen molar-refractivity contribution in [3.8, 4) is 11.5 Å². The average molecular weight is 391 g/mol. The molecule has 7 nitrogen and oxygen atoms in total. The molecule has 148 valence electrons. The van der Waals surface area contributed by atoms with Crippen molar-refractivity contribution < 1.29 is 19.1 Å². The molecule has 1 heterocycles. The van der Waals surface area contributed by atoms with E-state index in [2.05, 4.69) is 16.7 Å². The van der Waals surface area contributed by atoms with Crippen LogP contribution in [-0.4, -0.2) is 38.3 Å². The molecule has 0 saturated carbocycles. The average Bonchev–Trinajstić information content (AvgIpc) is 2.73. The number of nitrogens with two attached hydrogens (primary N) is 1. The van der Waals surface area contributed by atoms with Gasteiger partial charge >= 0.3 is 0 Å². The van der Waals surface area contributed by atoms with Crippen LogP contribution in [0.15, 0.2) is 64.2 Å². The Hall–Kier alpha value is -3.74. The number of rotatable bonds is 7. The summed E-state index contributed by atoms with van der Waals surface area (Å²) in [7, 11) is 1.65. The van der Waals surface area contributed by atoms with Crippen LogP contribution in [0.4, 0.5) is 0 Å². The van der Waals surface area contributed by atoms with Gasteiger partial charge in [0, 0.05) is 31.3 Å². The molecule has 0 spiro atoms. The van der Waals surface area contributed by atoms with Crippen molar-refractivity contribution >= 4 is 24.6 Å². The lowest BCUT2D eigenvalue weighted by Gasteiger charge is -2.22. The van der Waals surface area contributed by atoms with Crippen LogP contribution in [0.3, 0.4) is 0 Å². The number of amides is 1. The maximum absolute atomic E-state index is 12.0. The molecular weight excluding hydrogens is 370 g/mol. The number of Topliss-reactive ketones (excluding diaryl/α,β-unsaturated/α-hetero) is 1. The molecule has 1 aliphatic heterocycles. The van der Waals surface area contributed by atoms with Gasteiger partial charge in [0.2, 0.25) is 5.91 Å². The number of carbonyl (C=O) groups excluding carboxylic acids is 2. The highest BCUT2D eigenvalue weighted by Crippen LogP contribution is 2.34. The van der Waals surface area contributed by atoms with Gasteiger partial charge in [0.05, 0.1) is 17.9 Å². The minimum Gasteiger partial charge on any atom is -0.492 e. The molecule has 1 aliphatic rings. The van der Waals surface area contributed by atoms with Crippen molar-refractivity contribution in [1.82, 2.24) is 0 Å². The number of nitrogens with zero attached hydrogens (tertiary/aromatic N) is 2. The van der Waals surface area contributed by atoms with Crippen LogP contribution in [0.5, 0.6) is 11.5 Å². The summed E-state index contributed by atoms with van der Waals surface area (Å²) >= 11 is 0. The molecule has 1 atom stereocenters. The van der Waals surface area contributed by atoms with Crippen LogP contribution < -0.4 is 15.2 Å². The van der Waals surface area contributed by atoms with Crippen molar-refractivity contribution in [2.45, 2.75) is 12.5 Å². The van der Waals surface area contributed by atoms with E-state index in [4.69, 9.17) is 15.2 Å². The van der Waals surface area contributed by atoms with Gasteiger partial charge in [0.25, 0.3) is 0 Å². The summed E-state index contributed by atoms with van der Waals surface area (Å²) in [5.41, 5.74) is 7.52. The summed E-state index contributed by atoms with van der Waals surface area (Å²) in [6.07, 6.45) is 3.03. The Labute approximate surface area is 168 Å². The Morgan fingerprint density at radius 1 is 1.28 bits per heavy atom. The van der Waals surface area contributed by atoms with Gasteiger partial charge in [0.15, 0.2) is 11.9 Å². The van der Waals surface area contributed by atoms with Crippen molar-refractivity contribution in [3.63, 3.8) is 0 Å². The number of primary amides is 1. The van der Waals surface area contributed by atoms with E-state index in [1.54, 1.807) is 61.8 Å². The summed E-state index contributed by atoms with van der Waals surface area (Å²) in [5.74, 6) is 0.532. The highest BCUT2D eigenvalue weighted by molar-refractivity contribution is 5.99. The van der Waals surface area contributed by atoms with E-state index < -0.39 is 12.0 Å². The van der Waals surface area contributed by atoms with Crippen molar-refractivity contribution in [2.75, 3.05) is 13.7 Å². The lowest BCUT2D eigenvalue weighted by atomic mass is 10.0. The third kappa shape index (κ3) is 4.57. The number of ether oxygens (including phenoxy) is 2. The van der Waals surface area contributed by atoms with E-state index in [0.717, 1.165) is 5.56 Å². The molecule has 2 N–H and O–H groups in total. The second-order valence-corrected chi connectivity index (χ2v) is 6.32. The number of carbonyl (C=O) groups is 2. The molecule has 0 saturated heterocycles. The second kappa shape index (κ2) is 8.97. The number of ketones is 1. The molecule has 1 amide bonds. The minimum atomic E-state index is -0.621. The SMILES string of the molecule is C=N/C(=C\C=N/C)C(Oc1ccc2c(c1)OCCC2=O)c1ccc(C(N)=O)cc1. The number of hydrogen-bond donors (Lipinski definition) is 1. The van der Waals surface area contributed by atoms with E-state index in [9.17, 15) is 9.59 Å². The first-order valence-corrected chi connectivity index (χ1v) is 8.99. The monoisotopic (exact) mass is 391 g/mol. The molecule has 29 heavy (non-hydrogen) atoms. The Morgan fingerprint density at radius 2 is 2.03 bits per heavy atom. The quantitative estimate of drug-likeness (QED) is 0.732. The fraction of sp³-hybridized carbons (Fsp3) is 0.182. The Bertz CT molecular complexity index is 994. The second-order valence-electron chi connectivity index (χ2n) is 6.32. The Kier molecular flexibility index (Phi) is 6.19. The van der Waals surface area contributed by atoms with Crippen LogP contribution in [0.25, 0.3) is 0 Å². The molecular formula is C22H21N3O4. The maximum atomic E-state index is 12.0. The molecule has 0 aliphatic carbocycles. The van der Waals surface area contributed by atoms with Gasteiger partial charge in [-0.1, -0.05) is 12.1 Å². The van der Waals surface area contributed by atoms with Crippen LogP contribution in [0.2, 0.25) is 0 Å². The molecule has 0 aromatic heterocycles. The van der Waals surface area contributed by atoms with Crippen LogP contribution >= 0.6 is 0 Å². The topological polar surface area (TPSA) is 103 Å². The fourth-order valence-electron chi connectivity index (χ4n) is 2.95. The molecule has 7 heteroatoms. The lowest BCUT2D eigenvalue weighted by Crippen LogP contribution is -2.16. The van der Waals surface area contributed by atoms with E-state index in [1.807, 2.05) is 0 Å². The molecule has 0 fully saturated rings. The number of aliphatic imine (C=N–C) groups is 2. The summed E-state index contributed by atoms with van der Waals surface area (Å²) < 4.78 is 11.8. The molecule has 0 radical (unpaired) electrons. The highest BCUT2D eigenvalue weighted by Gasteiger charge is 2.22. The van der Waals surface area contributed by atoms with E-state index in [1.165, 1.54) is 0 Å². The van der Waals surface area contributed by atoms with E-state index in [-0.39, 0.29) is 5.78 Å². The van der Waals surface area contributed by atoms with Crippen molar-refractivity contribution in [2.24, 2.45) is 15.7 Å². The number of hydrogen-bond acceptors (Lipinski definition) is 6. The lowest BCUT2D eigenvalue weighted by molar-refractivity contribution is 0.0932. The van der Waals surface area contributed by atoms with Gasteiger partial charge < -0.3 is 15.2 Å². The number of fused-ring (bicyclic) bond motifs is 1. The van der Waals surface area contributed by atoms with Gasteiger partial charge in [-0.2, -0.15) is 0 Å². The first kappa shape index (κ1) is 20.0. The Balaban J connectivity index is 1.98. The zero-order valence-corrected chi connectivity index (χ0v) is 16.0. The fourth-order valence-corrected chi connectivity index (χ4v) is 2.95. The van der Waals surface area contributed by atoms with E-state index in [0.29, 0.717) is 41.4 Å². The van der Waals surface area contributed by atoms with Gasteiger partial charge in [-0.25, -0.2) is 0 Å². The third-order valence-corrected chi connectivity index (χ3v) is 4.44. The van der Waals surface area contributed by atoms with E-state index >= 15 is 0 Å². The smallest absolute Gasteiger partial charge is 0.248 e. The van der Waals surface area contributed by atoms with Gasteiger partial charge in [-0.15, -0.1) is 0 Å². The summed E-state index contributed by atoms with van der Waals surface area (Å²) in [4.78, 5) is 31.4. The van der Waals surface area contributed by atoms with Gasteiger partial charge in [0.1, 0.15) is 11.5 Å². The molecule has 3 rings (SSSR count). The Morgan fingerprint density at radius 3 is 2.69 bits per heavy atom. The predicted octanol–water partition coefficient (Wildman–Crippen LogP) is 3.16. The molecule has 2 aromatic rings. The van der Waals surface area contributed by atoms with Gasteiger partial charge in [-0.3, -0.25) is 19.6 Å². The van der Waals surface area contributed by atoms with Crippen LogP contribution in [-0.2, 0) is 0 Å². The zero-order chi connectivity index (χ0) is 20.8. The predicted molar refractivity (Wildman–Crippen MR) is 111 cm³/mol. The van der Waals surface area contributed by atoms with Gasteiger partial charge in [-0.05, 0) is 42.6 Å². The first-order valence-electron chi connectivity index (χ1n) is 8.99. The summed E-state index contributed by atoms with van der Waals surface area (Å²) in [5, 5.41) is 0. The molecule has 1 unspecified atom stereocenters. The summed E-state index contributed by atoms with van der Waals surface area (Å²) in [6.45, 7) is 3.97. The molecule has 0 bridgehead atoms. The number of benzene rings is 2. The van der Waals surface area contributed by atoms with Crippen LogP contribution in [0.1, 0.15) is 38.8 Å². The minimum absolute atomic E-state index is 0.0453. The first-order chi connectivity index (χ1) is 14.0. The number of allylic oxidation sites excluding steroid dienone is 1. The van der Waals surface area contributed by atoms with Crippen molar-refractivity contribution in [3.05, 3.63) is 70.9 Å². The largest absolute Gasteiger partial charge is 0.492 e. The van der Waals surface area contributed by atoms with Crippen molar-refractivity contribution in [1.29, 1.82) is 0 Å². The highest BCUT2D eigenvalue weighted by atomic mass is 16.5. The zero-order valence-electron chi connectivity index (χ0n) is 16.0.